The van der Waals surface area contributed by atoms with Crippen molar-refractivity contribution in [1.29, 1.82) is 0 Å². The van der Waals surface area contributed by atoms with Gasteiger partial charge in [-0.15, -0.1) is 0 Å². The molecule has 0 amide bonds. The molecule has 0 saturated heterocycles. The van der Waals surface area contributed by atoms with Gasteiger partial charge in [-0.2, -0.15) is 0 Å². The molecule has 22 heavy (non-hydrogen) atoms. The summed E-state index contributed by atoms with van der Waals surface area (Å²) in [6.07, 6.45) is 3.50. The topological polar surface area (TPSA) is 9.23 Å². The van der Waals surface area contributed by atoms with Crippen LogP contribution in [0.3, 0.4) is 0 Å². The van der Waals surface area contributed by atoms with Crippen molar-refractivity contribution in [3.63, 3.8) is 0 Å². The van der Waals surface area contributed by atoms with Crippen LogP contribution in [0.25, 0.3) is 0 Å². The summed E-state index contributed by atoms with van der Waals surface area (Å²) in [5, 5.41) is 0. The van der Waals surface area contributed by atoms with Gasteiger partial charge in [0.2, 0.25) is 0 Å². The van der Waals surface area contributed by atoms with Crippen molar-refractivity contribution in [3.05, 3.63) is 61.2 Å². The second kappa shape index (κ2) is 9.19. The van der Waals surface area contributed by atoms with Crippen LogP contribution in [0.1, 0.15) is 51.5 Å². The molecule has 0 aliphatic rings. The van der Waals surface area contributed by atoms with Crippen LogP contribution in [0.4, 0.5) is 0 Å². The van der Waals surface area contributed by atoms with Gasteiger partial charge in [-0.1, -0.05) is 0 Å². The second-order valence-corrected chi connectivity index (χ2v) is 8.64. The standard InChI is InChI=1S/C20H26IO/c1-4-6-15-22-20-13-11-19(12-14-20)21-18-9-7-17(8-10-18)16(3)5-2/h7-14,16H,4-6,15H2,1-3H3/q-1. The molecule has 2 rings (SSSR count). The molecule has 1 nitrogen and oxygen atoms in total. The SMILES string of the molecule is CCCCOc1ccc([I-]c2ccc(C(C)CC)cc2)cc1. The van der Waals surface area contributed by atoms with Crippen molar-refractivity contribution in [2.45, 2.75) is 46.0 Å². The van der Waals surface area contributed by atoms with Gasteiger partial charge in [0, 0.05) is 0 Å². The zero-order valence-corrected chi connectivity index (χ0v) is 16.0. The van der Waals surface area contributed by atoms with Gasteiger partial charge in [-0.25, -0.2) is 0 Å². The first-order valence-electron chi connectivity index (χ1n) is 8.20. The molecule has 0 aliphatic heterocycles. The van der Waals surface area contributed by atoms with Gasteiger partial charge in [-0.05, 0) is 0 Å². The van der Waals surface area contributed by atoms with Crippen molar-refractivity contribution in [2.24, 2.45) is 0 Å². The molecule has 0 N–H and O–H groups in total. The van der Waals surface area contributed by atoms with Gasteiger partial charge < -0.3 is 0 Å². The molecule has 2 aromatic rings. The summed E-state index contributed by atoms with van der Waals surface area (Å²) in [5.41, 5.74) is 1.45. The van der Waals surface area contributed by atoms with E-state index in [1.54, 1.807) is 0 Å². The molecule has 0 radical (unpaired) electrons. The van der Waals surface area contributed by atoms with Gasteiger partial charge in [0.05, 0.1) is 0 Å². The summed E-state index contributed by atoms with van der Waals surface area (Å²) in [4.78, 5) is 0. The van der Waals surface area contributed by atoms with E-state index in [0.717, 1.165) is 18.8 Å². The summed E-state index contributed by atoms with van der Waals surface area (Å²) in [6, 6.07) is 17.9. The molecule has 0 saturated carbocycles. The first-order valence-corrected chi connectivity index (χ1v) is 10.4. The zero-order valence-electron chi connectivity index (χ0n) is 13.8. The fourth-order valence-electron chi connectivity index (χ4n) is 2.14. The van der Waals surface area contributed by atoms with Gasteiger partial charge in [0.1, 0.15) is 0 Å². The van der Waals surface area contributed by atoms with Crippen LogP contribution in [0.15, 0.2) is 48.5 Å². The summed E-state index contributed by atoms with van der Waals surface area (Å²) < 4.78 is 8.64. The van der Waals surface area contributed by atoms with Crippen LogP contribution in [0.2, 0.25) is 0 Å². The third-order valence-corrected chi connectivity index (χ3v) is 6.53. The zero-order chi connectivity index (χ0) is 15.8. The van der Waals surface area contributed by atoms with Gasteiger partial charge in [0.15, 0.2) is 0 Å². The van der Waals surface area contributed by atoms with Crippen LogP contribution in [-0.4, -0.2) is 6.61 Å². The van der Waals surface area contributed by atoms with E-state index in [-0.39, 0.29) is 21.2 Å². The number of hydrogen-bond acceptors (Lipinski definition) is 1. The van der Waals surface area contributed by atoms with Crippen molar-refractivity contribution < 1.29 is 25.9 Å². The molecule has 0 aromatic heterocycles. The number of unbranched alkanes of at least 4 members (excludes halogenated alkanes) is 1. The summed E-state index contributed by atoms with van der Waals surface area (Å²) in [5.74, 6) is 1.65. The molecule has 0 fully saturated rings. The van der Waals surface area contributed by atoms with E-state index in [1.165, 1.54) is 25.5 Å². The Hall–Kier alpha value is -1.03. The van der Waals surface area contributed by atoms with Crippen molar-refractivity contribution in [1.82, 2.24) is 0 Å². The van der Waals surface area contributed by atoms with Crippen molar-refractivity contribution in [3.8, 4) is 5.75 Å². The van der Waals surface area contributed by atoms with Crippen LogP contribution in [0, 0.1) is 7.14 Å². The Kier molecular flexibility index (Phi) is 7.23. The molecule has 0 spiro atoms. The quantitative estimate of drug-likeness (QED) is 0.481. The van der Waals surface area contributed by atoms with E-state index in [2.05, 4.69) is 69.3 Å². The van der Waals surface area contributed by atoms with Crippen molar-refractivity contribution in [2.75, 3.05) is 6.61 Å². The third kappa shape index (κ3) is 5.31. The molecular weight excluding hydrogens is 383 g/mol. The molecule has 0 aliphatic carbocycles. The normalized spacial score (nSPS) is 12.3. The van der Waals surface area contributed by atoms with E-state index < -0.39 is 0 Å². The minimum atomic E-state index is -0.0936. The Labute approximate surface area is 145 Å². The number of rotatable bonds is 8. The number of halogens is 1. The number of hydrogen-bond donors (Lipinski definition) is 0. The minimum absolute atomic E-state index is 0.0936. The molecule has 1 atom stereocenters. The fraction of sp³-hybridized carbons (Fsp3) is 0.400. The Balaban J connectivity index is 1.93. The first-order chi connectivity index (χ1) is 10.7. The van der Waals surface area contributed by atoms with Crippen LogP contribution < -0.4 is 25.9 Å². The summed E-state index contributed by atoms with van der Waals surface area (Å²) in [7, 11) is 0. The predicted molar refractivity (Wildman–Crippen MR) is 89.4 cm³/mol. The maximum atomic E-state index is 5.72. The molecule has 1 unspecified atom stereocenters. The Bertz CT molecular complexity index is 545. The third-order valence-electron chi connectivity index (χ3n) is 3.85. The van der Waals surface area contributed by atoms with Gasteiger partial charge in [-0.3, -0.25) is 0 Å². The fourth-order valence-corrected chi connectivity index (χ4v) is 4.30. The second-order valence-electron chi connectivity index (χ2n) is 5.61. The Morgan fingerprint density at radius 2 is 1.50 bits per heavy atom. The van der Waals surface area contributed by atoms with Crippen molar-refractivity contribution >= 4 is 0 Å². The summed E-state index contributed by atoms with van der Waals surface area (Å²) >= 11 is -0.0936. The Morgan fingerprint density at radius 3 is 2.05 bits per heavy atom. The van der Waals surface area contributed by atoms with Crippen LogP contribution >= 0.6 is 0 Å². The molecule has 0 heterocycles. The summed E-state index contributed by atoms with van der Waals surface area (Å²) in [6.45, 7) is 7.54. The molecule has 0 bridgehead atoms. The molecular formula is C20H26IO-. The maximum absolute atomic E-state index is 5.72. The van der Waals surface area contributed by atoms with E-state index in [4.69, 9.17) is 4.74 Å². The number of benzene rings is 2. The van der Waals surface area contributed by atoms with Crippen LogP contribution in [-0.2, 0) is 0 Å². The predicted octanol–water partition coefficient (Wildman–Crippen LogP) is 2.51. The van der Waals surface area contributed by atoms with E-state index in [9.17, 15) is 0 Å². The van der Waals surface area contributed by atoms with Gasteiger partial charge >= 0.3 is 145 Å². The van der Waals surface area contributed by atoms with Crippen LogP contribution in [0.5, 0.6) is 5.75 Å². The monoisotopic (exact) mass is 409 g/mol. The molecule has 2 heteroatoms. The number of ether oxygens (including phenoxy) is 1. The Morgan fingerprint density at radius 1 is 0.909 bits per heavy atom. The first kappa shape index (κ1) is 17.3. The molecule has 120 valence electrons. The van der Waals surface area contributed by atoms with E-state index >= 15 is 0 Å². The van der Waals surface area contributed by atoms with E-state index in [1.807, 2.05) is 0 Å². The average molecular weight is 409 g/mol. The molecule has 2 aromatic carbocycles. The average Bonchev–Trinajstić information content (AvgIpc) is 2.57. The van der Waals surface area contributed by atoms with E-state index in [0.29, 0.717) is 5.92 Å². The van der Waals surface area contributed by atoms with Gasteiger partial charge in [0.25, 0.3) is 0 Å².